The topological polar surface area (TPSA) is 93.3 Å². The first-order valence-corrected chi connectivity index (χ1v) is 12.9. The molecule has 0 bridgehead atoms. The van der Waals surface area contributed by atoms with E-state index in [4.69, 9.17) is 9.72 Å². The molecule has 0 spiro atoms. The number of allylic oxidation sites excluding steroid dienone is 1. The second-order valence-electron chi connectivity index (χ2n) is 10.6. The minimum atomic E-state index is -0.181. The van der Waals surface area contributed by atoms with E-state index in [1.807, 2.05) is 18.2 Å². The second-order valence-corrected chi connectivity index (χ2v) is 10.6. The lowest BCUT2D eigenvalue weighted by Gasteiger charge is -2.34. The van der Waals surface area contributed by atoms with Gasteiger partial charge in [0, 0.05) is 54.7 Å². The maximum Gasteiger partial charge on any atom is 0.278 e. The van der Waals surface area contributed by atoms with E-state index in [0.717, 1.165) is 43.1 Å². The Kier molecular flexibility index (Phi) is 5.91. The number of piperazine rings is 1. The Bertz CT molecular complexity index is 1560. The van der Waals surface area contributed by atoms with Crippen molar-refractivity contribution in [3.8, 4) is 11.6 Å². The highest BCUT2D eigenvalue weighted by Gasteiger charge is 2.33. The number of rotatable bonds is 6. The normalized spacial score (nSPS) is 16.9. The van der Waals surface area contributed by atoms with Crippen LogP contribution >= 0.6 is 0 Å². The number of fused-ring (bicyclic) bond motifs is 2. The number of hydrogen-bond acceptors (Lipinski definition) is 8. The standard InChI is InChI=1S/C28H32N8O2/c1-5-10-35-26(37)22-17-30-27(31-19-6-8-20(9-7-19)34-13-11-33(4)12-14-34)32-24(22)36(35)21-15-23-25(29-16-21)38-18-28(23,2)3/h5-9,15-17H,1,10-14,18H2,2-4H3,(H,30,31,32). The number of ether oxygens (including phenoxy) is 1. The maximum absolute atomic E-state index is 13.3. The van der Waals surface area contributed by atoms with Crippen LogP contribution in [0.5, 0.6) is 5.88 Å². The molecule has 10 nitrogen and oxygen atoms in total. The summed E-state index contributed by atoms with van der Waals surface area (Å²) in [6, 6.07) is 10.3. The Morgan fingerprint density at radius 2 is 1.84 bits per heavy atom. The number of benzene rings is 1. The molecule has 1 saturated heterocycles. The maximum atomic E-state index is 13.3. The van der Waals surface area contributed by atoms with Crippen LogP contribution in [0.25, 0.3) is 16.7 Å². The molecule has 1 N–H and O–H groups in total. The highest BCUT2D eigenvalue weighted by molar-refractivity contribution is 5.77. The van der Waals surface area contributed by atoms with E-state index < -0.39 is 0 Å². The zero-order valence-electron chi connectivity index (χ0n) is 22.0. The molecule has 10 heteroatoms. The molecule has 2 aliphatic heterocycles. The van der Waals surface area contributed by atoms with Crippen molar-refractivity contribution < 1.29 is 4.74 Å². The van der Waals surface area contributed by atoms with E-state index in [9.17, 15) is 4.79 Å². The summed E-state index contributed by atoms with van der Waals surface area (Å²) in [6.07, 6.45) is 4.99. The molecule has 3 aromatic heterocycles. The fourth-order valence-electron chi connectivity index (χ4n) is 5.07. The summed E-state index contributed by atoms with van der Waals surface area (Å²) in [4.78, 5) is 31.8. The van der Waals surface area contributed by atoms with Crippen molar-refractivity contribution in [1.29, 1.82) is 0 Å². The van der Waals surface area contributed by atoms with Gasteiger partial charge in [0.25, 0.3) is 5.56 Å². The van der Waals surface area contributed by atoms with Crippen molar-refractivity contribution in [3.05, 3.63) is 71.3 Å². The van der Waals surface area contributed by atoms with Gasteiger partial charge in [-0.1, -0.05) is 19.9 Å². The Balaban J connectivity index is 1.36. The van der Waals surface area contributed by atoms with Crippen molar-refractivity contribution in [2.45, 2.75) is 25.8 Å². The third-order valence-corrected chi connectivity index (χ3v) is 7.35. The van der Waals surface area contributed by atoms with E-state index in [0.29, 0.717) is 36.0 Å². The molecule has 0 atom stereocenters. The van der Waals surface area contributed by atoms with Crippen LogP contribution in [0.1, 0.15) is 19.4 Å². The molecule has 1 fully saturated rings. The van der Waals surface area contributed by atoms with E-state index in [-0.39, 0.29) is 11.0 Å². The molecule has 196 valence electrons. The predicted molar refractivity (Wildman–Crippen MR) is 149 cm³/mol. The number of aromatic nitrogens is 5. The first-order valence-electron chi connectivity index (χ1n) is 12.9. The fourth-order valence-corrected chi connectivity index (χ4v) is 5.07. The lowest BCUT2D eigenvalue weighted by Crippen LogP contribution is -2.44. The molecular weight excluding hydrogens is 480 g/mol. The Hall–Kier alpha value is -4.18. The Morgan fingerprint density at radius 1 is 1.08 bits per heavy atom. The molecular formula is C28H32N8O2. The van der Waals surface area contributed by atoms with Gasteiger partial charge in [0.15, 0.2) is 5.65 Å². The zero-order valence-corrected chi connectivity index (χ0v) is 22.0. The van der Waals surface area contributed by atoms with Crippen LogP contribution in [0, 0.1) is 0 Å². The molecule has 0 radical (unpaired) electrons. The van der Waals surface area contributed by atoms with Gasteiger partial charge in [-0.05, 0) is 37.4 Å². The number of pyridine rings is 1. The number of likely N-dealkylation sites (N-methyl/N-ethyl adjacent to an activating group) is 1. The van der Waals surface area contributed by atoms with Gasteiger partial charge in [-0.3, -0.25) is 4.79 Å². The number of nitrogens with zero attached hydrogens (tertiary/aromatic N) is 7. The van der Waals surface area contributed by atoms with E-state index >= 15 is 0 Å². The molecule has 6 rings (SSSR count). The number of anilines is 3. The lowest BCUT2D eigenvalue weighted by atomic mass is 9.88. The molecule has 4 aromatic rings. The first-order chi connectivity index (χ1) is 18.3. The van der Waals surface area contributed by atoms with Crippen LogP contribution in [0.3, 0.4) is 0 Å². The van der Waals surface area contributed by atoms with Crippen molar-refractivity contribution in [2.24, 2.45) is 0 Å². The molecule has 1 aromatic carbocycles. The van der Waals surface area contributed by atoms with Crippen LogP contribution in [0.4, 0.5) is 17.3 Å². The van der Waals surface area contributed by atoms with Crippen molar-refractivity contribution >= 4 is 28.4 Å². The summed E-state index contributed by atoms with van der Waals surface area (Å²) < 4.78 is 9.17. The Morgan fingerprint density at radius 3 is 2.58 bits per heavy atom. The number of nitrogens with one attached hydrogen (secondary N) is 1. The summed E-state index contributed by atoms with van der Waals surface area (Å²) >= 11 is 0. The quantitative estimate of drug-likeness (QED) is 0.394. The SMILES string of the molecule is C=CCn1c(=O)c2cnc(Nc3ccc(N4CCN(C)CC4)cc3)nc2n1-c1cnc2c(c1)C(C)(C)CO2. The van der Waals surface area contributed by atoms with Crippen molar-refractivity contribution in [2.75, 3.05) is 50.1 Å². The number of hydrogen-bond donors (Lipinski definition) is 1. The fraction of sp³-hybridized carbons (Fsp3) is 0.357. The molecule has 0 aliphatic carbocycles. The van der Waals surface area contributed by atoms with Gasteiger partial charge < -0.3 is 19.9 Å². The Labute approximate surface area is 221 Å². The monoisotopic (exact) mass is 512 g/mol. The minimum Gasteiger partial charge on any atom is -0.477 e. The van der Waals surface area contributed by atoms with Gasteiger partial charge in [0.2, 0.25) is 11.8 Å². The van der Waals surface area contributed by atoms with Gasteiger partial charge in [-0.15, -0.1) is 6.58 Å². The highest BCUT2D eigenvalue weighted by Crippen LogP contribution is 2.38. The van der Waals surface area contributed by atoms with Gasteiger partial charge in [-0.25, -0.2) is 19.3 Å². The molecule has 0 unspecified atom stereocenters. The molecule has 5 heterocycles. The molecule has 0 amide bonds. The second kappa shape index (κ2) is 9.29. The smallest absolute Gasteiger partial charge is 0.278 e. The van der Waals surface area contributed by atoms with Gasteiger partial charge in [0.1, 0.15) is 5.39 Å². The molecule has 0 saturated carbocycles. The molecule has 2 aliphatic rings. The van der Waals surface area contributed by atoms with Gasteiger partial charge >= 0.3 is 0 Å². The van der Waals surface area contributed by atoms with Crippen LogP contribution in [0.2, 0.25) is 0 Å². The zero-order chi connectivity index (χ0) is 26.4. The summed E-state index contributed by atoms with van der Waals surface area (Å²) in [7, 11) is 2.16. The minimum absolute atomic E-state index is 0.178. The van der Waals surface area contributed by atoms with Gasteiger partial charge in [-0.2, -0.15) is 4.98 Å². The van der Waals surface area contributed by atoms with Crippen molar-refractivity contribution in [3.63, 3.8) is 0 Å². The first kappa shape index (κ1) is 24.2. The van der Waals surface area contributed by atoms with E-state index in [2.05, 4.69) is 64.7 Å². The van der Waals surface area contributed by atoms with E-state index in [1.165, 1.54) is 5.69 Å². The van der Waals surface area contributed by atoms with E-state index in [1.54, 1.807) is 27.8 Å². The average Bonchev–Trinajstić information content (AvgIpc) is 3.37. The summed E-state index contributed by atoms with van der Waals surface area (Å²) in [5.41, 5.74) is 3.95. The van der Waals surface area contributed by atoms with Crippen molar-refractivity contribution in [1.82, 2.24) is 29.2 Å². The highest BCUT2D eigenvalue weighted by atomic mass is 16.5. The van der Waals surface area contributed by atoms with Crippen LogP contribution in [-0.4, -0.2) is 69.0 Å². The third-order valence-electron chi connectivity index (χ3n) is 7.35. The molecule has 38 heavy (non-hydrogen) atoms. The largest absolute Gasteiger partial charge is 0.477 e. The summed E-state index contributed by atoms with van der Waals surface area (Å²) in [5.74, 6) is 1.04. The van der Waals surface area contributed by atoms with Crippen LogP contribution < -0.4 is 20.5 Å². The van der Waals surface area contributed by atoms with Gasteiger partial charge in [0.05, 0.1) is 25.0 Å². The summed E-state index contributed by atoms with van der Waals surface area (Å²) in [5, 5.41) is 3.73. The van der Waals surface area contributed by atoms with Crippen LogP contribution in [-0.2, 0) is 12.0 Å². The average molecular weight is 513 g/mol. The van der Waals surface area contributed by atoms with Crippen LogP contribution in [0.15, 0.2) is 60.2 Å². The predicted octanol–water partition coefficient (Wildman–Crippen LogP) is 3.33. The third kappa shape index (κ3) is 4.20. The summed E-state index contributed by atoms with van der Waals surface area (Å²) in [6.45, 7) is 13.1. The lowest BCUT2D eigenvalue weighted by molar-refractivity contribution is 0.284.